The van der Waals surface area contributed by atoms with Gasteiger partial charge in [-0.3, -0.25) is 4.79 Å². The van der Waals surface area contributed by atoms with Gasteiger partial charge in [-0.15, -0.1) is 0 Å². The second-order valence-electron chi connectivity index (χ2n) is 3.16. The Labute approximate surface area is 79.2 Å². The monoisotopic (exact) mass is 195 g/mol. The van der Waals surface area contributed by atoms with E-state index in [1.54, 1.807) is 0 Å². The molecule has 0 bridgehead atoms. The van der Waals surface area contributed by atoms with Crippen LogP contribution in [0.3, 0.4) is 0 Å². The molecule has 6 nitrogen and oxygen atoms in total. The van der Waals surface area contributed by atoms with Crippen LogP contribution < -0.4 is 5.56 Å². The van der Waals surface area contributed by atoms with E-state index in [4.69, 9.17) is 5.11 Å². The lowest BCUT2D eigenvalue weighted by molar-refractivity contribution is 0.139. The average Bonchev–Trinajstić information content (AvgIpc) is 2.16. The Morgan fingerprint density at radius 1 is 1.64 bits per heavy atom. The van der Waals surface area contributed by atoms with Gasteiger partial charge in [0.1, 0.15) is 0 Å². The highest BCUT2D eigenvalue weighted by Gasteiger charge is 2.21. The summed E-state index contributed by atoms with van der Waals surface area (Å²) >= 11 is 0. The second-order valence-corrected chi connectivity index (χ2v) is 3.16. The molecule has 0 radical (unpaired) electrons. The van der Waals surface area contributed by atoms with Crippen LogP contribution in [-0.2, 0) is 13.0 Å². The summed E-state index contributed by atoms with van der Waals surface area (Å²) in [6.45, 7) is 0.676. The number of nitrogens with zero attached hydrogens (tertiary/aromatic N) is 2. The van der Waals surface area contributed by atoms with E-state index < -0.39 is 6.09 Å². The Morgan fingerprint density at radius 2 is 2.43 bits per heavy atom. The number of fused-ring (bicyclic) bond motifs is 1. The zero-order valence-corrected chi connectivity index (χ0v) is 7.36. The number of aromatic amines is 1. The number of hydrogen-bond acceptors (Lipinski definition) is 3. The summed E-state index contributed by atoms with van der Waals surface area (Å²) in [5.74, 6) is 0. The zero-order chi connectivity index (χ0) is 10.1. The summed E-state index contributed by atoms with van der Waals surface area (Å²) in [5.41, 5.74) is 1.23. The molecule has 0 atom stereocenters. The van der Waals surface area contributed by atoms with Crippen molar-refractivity contribution in [1.29, 1.82) is 0 Å². The van der Waals surface area contributed by atoms with Crippen molar-refractivity contribution in [2.75, 3.05) is 6.54 Å². The van der Waals surface area contributed by atoms with E-state index in [2.05, 4.69) is 10.2 Å². The first-order valence-electron chi connectivity index (χ1n) is 4.22. The van der Waals surface area contributed by atoms with E-state index >= 15 is 0 Å². The molecule has 0 saturated heterocycles. The average molecular weight is 195 g/mol. The number of hydrogen-bond donors (Lipinski definition) is 2. The first-order chi connectivity index (χ1) is 6.66. The fourth-order valence-electron chi connectivity index (χ4n) is 1.50. The van der Waals surface area contributed by atoms with Crippen molar-refractivity contribution >= 4 is 6.09 Å². The third-order valence-electron chi connectivity index (χ3n) is 2.24. The van der Waals surface area contributed by atoms with Crippen LogP contribution in [0.15, 0.2) is 10.9 Å². The van der Waals surface area contributed by atoms with Crippen LogP contribution in [-0.4, -0.2) is 32.8 Å². The van der Waals surface area contributed by atoms with E-state index in [9.17, 15) is 9.59 Å². The number of carbonyl (C=O) groups is 1. The SMILES string of the molecule is O=C(O)N1CCc2cc(=O)[nH]nc2C1. The molecule has 6 heteroatoms. The molecule has 0 saturated carbocycles. The van der Waals surface area contributed by atoms with E-state index in [0.717, 1.165) is 5.56 Å². The van der Waals surface area contributed by atoms with Crippen LogP contribution in [0.5, 0.6) is 0 Å². The van der Waals surface area contributed by atoms with Gasteiger partial charge in [-0.1, -0.05) is 0 Å². The van der Waals surface area contributed by atoms with Crippen molar-refractivity contribution in [3.05, 3.63) is 27.7 Å². The minimum atomic E-state index is -0.955. The van der Waals surface area contributed by atoms with E-state index in [1.807, 2.05) is 0 Å². The standard InChI is InChI=1S/C8H9N3O3/c12-7-3-5-1-2-11(8(13)14)4-6(5)9-10-7/h3H,1-2,4H2,(H,10,12)(H,13,14). The highest BCUT2D eigenvalue weighted by atomic mass is 16.4. The van der Waals surface area contributed by atoms with Gasteiger partial charge in [0.2, 0.25) is 0 Å². The van der Waals surface area contributed by atoms with Crippen molar-refractivity contribution in [2.45, 2.75) is 13.0 Å². The van der Waals surface area contributed by atoms with Gasteiger partial charge in [0, 0.05) is 12.6 Å². The number of nitrogens with one attached hydrogen (secondary N) is 1. The maximum absolute atomic E-state index is 10.9. The molecule has 1 aliphatic heterocycles. The minimum Gasteiger partial charge on any atom is -0.465 e. The van der Waals surface area contributed by atoms with Crippen LogP contribution in [0.2, 0.25) is 0 Å². The molecule has 0 unspecified atom stereocenters. The van der Waals surface area contributed by atoms with E-state index in [-0.39, 0.29) is 12.1 Å². The van der Waals surface area contributed by atoms with Gasteiger partial charge < -0.3 is 10.0 Å². The number of H-pyrrole nitrogens is 1. The van der Waals surface area contributed by atoms with Gasteiger partial charge >= 0.3 is 6.09 Å². The van der Waals surface area contributed by atoms with Crippen LogP contribution >= 0.6 is 0 Å². The topological polar surface area (TPSA) is 86.3 Å². The van der Waals surface area contributed by atoms with Crippen molar-refractivity contribution in [3.63, 3.8) is 0 Å². The van der Waals surface area contributed by atoms with Crippen molar-refractivity contribution in [2.24, 2.45) is 0 Å². The van der Waals surface area contributed by atoms with Gasteiger partial charge in [-0.25, -0.2) is 9.89 Å². The lowest BCUT2D eigenvalue weighted by Gasteiger charge is -2.24. The highest BCUT2D eigenvalue weighted by Crippen LogP contribution is 2.13. The number of amides is 1. The molecule has 0 aliphatic carbocycles. The molecule has 0 fully saturated rings. The molecule has 2 N–H and O–H groups in total. The summed E-state index contributed by atoms with van der Waals surface area (Å²) < 4.78 is 0. The summed E-state index contributed by atoms with van der Waals surface area (Å²) in [6, 6.07) is 1.47. The molecular weight excluding hydrogens is 186 g/mol. The van der Waals surface area contributed by atoms with Gasteiger partial charge in [0.25, 0.3) is 5.56 Å². The maximum Gasteiger partial charge on any atom is 0.407 e. The van der Waals surface area contributed by atoms with E-state index in [1.165, 1.54) is 11.0 Å². The quantitative estimate of drug-likeness (QED) is 0.600. The zero-order valence-electron chi connectivity index (χ0n) is 7.36. The smallest absolute Gasteiger partial charge is 0.407 e. The molecule has 74 valence electrons. The van der Waals surface area contributed by atoms with E-state index in [0.29, 0.717) is 18.7 Å². The molecule has 1 amide bonds. The summed E-state index contributed by atoms with van der Waals surface area (Å²) in [7, 11) is 0. The molecule has 2 rings (SSSR count). The minimum absolute atomic E-state index is 0.243. The van der Waals surface area contributed by atoms with Gasteiger partial charge in [0.15, 0.2) is 0 Å². The predicted molar refractivity (Wildman–Crippen MR) is 47.0 cm³/mol. The lowest BCUT2D eigenvalue weighted by Crippen LogP contribution is -2.36. The summed E-state index contributed by atoms with van der Waals surface area (Å²) in [4.78, 5) is 22.8. The van der Waals surface area contributed by atoms with Crippen LogP contribution in [0, 0.1) is 0 Å². The van der Waals surface area contributed by atoms with Crippen LogP contribution in [0.25, 0.3) is 0 Å². The molecule has 1 aromatic rings. The Morgan fingerprint density at radius 3 is 3.14 bits per heavy atom. The number of carboxylic acid groups (broad SMARTS) is 1. The van der Waals surface area contributed by atoms with Crippen molar-refractivity contribution < 1.29 is 9.90 Å². The third-order valence-corrected chi connectivity index (χ3v) is 2.24. The highest BCUT2D eigenvalue weighted by molar-refractivity contribution is 5.65. The summed E-state index contributed by atoms with van der Waals surface area (Å²) in [5, 5.41) is 14.8. The lowest BCUT2D eigenvalue weighted by atomic mass is 10.1. The Kier molecular flexibility index (Phi) is 1.95. The Bertz CT molecular complexity index is 426. The van der Waals surface area contributed by atoms with Crippen LogP contribution in [0.1, 0.15) is 11.3 Å². The molecular formula is C8H9N3O3. The van der Waals surface area contributed by atoms with Crippen molar-refractivity contribution in [1.82, 2.24) is 15.1 Å². The molecule has 2 heterocycles. The molecule has 0 aromatic carbocycles. The first kappa shape index (κ1) is 8.74. The van der Waals surface area contributed by atoms with Crippen molar-refractivity contribution in [3.8, 4) is 0 Å². The second kappa shape index (κ2) is 3.13. The predicted octanol–water partition coefficient (Wildman–Crippen LogP) is -0.194. The van der Waals surface area contributed by atoms with Gasteiger partial charge in [-0.2, -0.15) is 5.10 Å². The molecule has 1 aliphatic rings. The summed E-state index contributed by atoms with van der Waals surface area (Å²) in [6.07, 6.45) is -0.401. The fraction of sp³-hybridized carbons (Fsp3) is 0.375. The largest absolute Gasteiger partial charge is 0.465 e. The molecule has 1 aromatic heterocycles. The van der Waals surface area contributed by atoms with Gasteiger partial charge in [0.05, 0.1) is 12.2 Å². The fourth-order valence-corrected chi connectivity index (χ4v) is 1.50. The third kappa shape index (κ3) is 1.46. The maximum atomic E-state index is 10.9. The number of rotatable bonds is 0. The molecule has 14 heavy (non-hydrogen) atoms. The van der Waals surface area contributed by atoms with Crippen LogP contribution in [0.4, 0.5) is 4.79 Å². The Balaban J connectivity index is 2.31. The Hall–Kier alpha value is -1.85. The number of aromatic nitrogens is 2. The normalized spacial score (nSPS) is 15.0. The molecule has 0 spiro atoms. The first-order valence-corrected chi connectivity index (χ1v) is 4.22. The van der Waals surface area contributed by atoms with Gasteiger partial charge in [-0.05, 0) is 12.0 Å².